The van der Waals surface area contributed by atoms with Crippen molar-refractivity contribution >= 4 is 23.3 Å². The van der Waals surface area contributed by atoms with Crippen LogP contribution < -0.4 is 5.32 Å². The predicted molar refractivity (Wildman–Crippen MR) is 73.4 cm³/mol. The molecule has 0 radical (unpaired) electrons. The van der Waals surface area contributed by atoms with Gasteiger partial charge < -0.3 is 10.1 Å². The van der Waals surface area contributed by atoms with Crippen molar-refractivity contribution in [2.45, 2.75) is 26.2 Å². The molecule has 0 saturated heterocycles. The highest BCUT2D eigenvalue weighted by Gasteiger charge is 2.27. The molecule has 1 saturated carbocycles. The van der Waals surface area contributed by atoms with Gasteiger partial charge in [-0.3, -0.25) is 14.4 Å². The lowest BCUT2D eigenvalue weighted by molar-refractivity contribution is -0.154. The minimum Gasteiger partial charge on any atom is -0.455 e. The zero-order valence-corrected chi connectivity index (χ0v) is 11.3. The Balaban J connectivity index is 1.83. The molecule has 5 nitrogen and oxygen atoms in total. The van der Waals surface area contributed by atoms with E-state index in [9.17, 15) is 14.4 Å². The molecule has 1 aliphatic rings. The largest absolute Gasteiger partial charge is 0.455 e. The van der Waals surface area contributed by atoms with Gasteiger partial charge in [0, 0.05) is 11.3 Å². The number of carbonyl (C=O) groups excluding carboxylic acids is 3. The number of ketones is 1. The fourth-order valence-electron chi connectivity index (χ4n) is 1.91. The summed E-state index contributed by atoms with van der Waals surface area (Å²) in [6, 6.07) is 6.63. The van der Waals surface area contributed by atoms with E-state index < -0.39 is 5.91 Å². The van der Waals surface area contributed by atoms with Crippen LogP contribution >= 0.6 is 0 Å². The summed E-state index contributed by atoms with van der Waals surface area (Å²) in [6.45, 7) is 1.17. The maximum Gasteiger partial charge on any atom is 0.309 e. The fourth-order valence-corrected chi connectivity index (χ4v) is 1.91. The van der Waals surface area contributed by atoms with Crippen molar-refractivity contribution in [2.75, 3.05) is 11.9 Å². The van der Waals surface area contributed by atoms with Crippen molar-refractivity contribution in [2.24, 2.45) is 5.92 Å². The third kappa shape index (κ3) is 3.66. The first-order chi connectivity index (χ1) is 9.56. The van der Waals surface area contributed by atoms with Gasteiger partial charge in [-0.15, -0.1) is 0 Å². The van der Waals surface area contributed by atoms with Crippen LogP contribution in [0.4, 0.5) is 5.69 Å². The van der Waals surface area contributed by atoms with Crippen molar-refractivity contribution in [1.82, 2.24) is 0 Å². The standard InChI is InChI=1S/C15H17NO4/c1-10(17)12-6-3-7-13(8-12)16-14(18)9-20-15(19)11-4-2-5-11/h3,6-8,11H,2,4-5,9H2,1H3,(H,16,18). The third-order valence-electron chi connectivity index (χ3n) is 3.34. The molecule has 20 heavy (non-hydrogen) atoms. The van der Waals surface area contributed by atoms with Crippen molar-refractivity contribution in [3.63, 3.8) is 0 Å². The Morgan fingerprint density at radius 1 is 1.30 bits per heavy atom. The smallest absolute Gasteiger partial charge is 0.309 e. The van der Waals surface area contributed by atoms with E-state index in [1.807, 2.05) is 0 Å². The lowest BCUT2D eigenvalue weighted by Crippen LogP contribution is -2.28. The number of esters is 1. The van der Waals surface area contributed by atoms with Crippen molar-refractivity contribution < 1.29 is 19.1 Å². The Morgan fingerprint density at radius 2 is 2.05 bits per heavy atom. The second-order valence-electron chi connectivity index (χ2n) is 4.92. The van der Waals surface area contributed by atoms with E-state index in [0.717, 1.165) is 19.3 Å². The Labute approximate surface area is 117 Å². The van der Waals surface area contributed by atoms with E-state index in [4.69, 9.17) is 4.74 Å². The summed E-state index contributed by atoms with van der Waals surface area (Å²) in [5.74, 6) is -0.816. The molecule has 106 valence electrons. The van der Waals surface area contributed by atoms with E-state index in [0.29, 0.717) is 11.3 Å². The van der Waals surface area contributed by atoms with Crippen LogP contribution in [0.1, 0.15) is 36.5 Å². The number of nitrogens with one attached hydrogen (secondary N) is 1. The fraction of sp³-hybridized carbons (Fsp3) is 0.400. The van der Waals surface area contributed by atoms with E-state index in [1.54, 1.807) is 24.3 Å². The maximum atomic E-state index is 11.7. The molecule has 2 rings (SSSR count). The normalized spacial score (nSPS) is 14.2. The molecule has 1 aromatic carbocycles. The summed E-state index contributed by atoms with van der Waals surface area (Å²) in [6.07, 6.45) is 2.74. The molecule has 5 heteroatoms. The van der Waals surface area contributed by atoms with Crippen molar-refractivity contribution in [3.05, 3.63) is 29.8 Å². The summed E-state index contributed by atoms with van der Waals surface area (Å²) in [5, 5.41) is 2.60. The average molecular weight is 275 g/mol. The lowest BCUT2D eigenvalue weighted by atomic mass is 9.86. The number of hydrogen-bond acceptors (Lipinski definition) is 4. The van der Waals surface area contributed by atoms with Gasteiger partial charge in [0.2, 0.25) is 0 Å². The first-order valence-electron chi connectivity index (χ1n) is 6.64. The molecule has 1 aromatic rings. The van der Waals surface area contributed by atoms with E-state index in [1.165, 1.54) is 6.92 Å². The Hall–Kier alpha value is -2.17. The van der Waals surface area contributed by atoms with Gasteiger partial charge in [0.1, 0.15) is 0 Å². The van der Waals surface area contributed by atoms with Crippen LogP contribution in [0.2, 0.25) is 0 Å². The van der Waals surface area contributed by atoms with Crippen molar-refractivity contribution in [1.29, 1.82) is 0 Å². The monoisotopic (exact) mass is 275 g/mol. The first-order valence-corrected chi connectivity index (χ1v) is 6.64. The summed E-state index contributed by atoms with van der Waals surface area (Å²) < 4.78 is 4.94. The number of ether oxygens (including phenoxy) is 1. The number of rotatable bonds is 5. The summed E-state index contributed by atoms with van der Waals surface area (Å²) >= 11 is 0. The molecular formula is C15H17NO4. The van der Waals surface area contributed by atoms with Gasteiger partial charge in [-0.25, -0.2) is 0 Å². The predicted octanol–water partition coefficient (Wildman–Crippen LogP) is 2.17. The Bertz CT molecular complexity index is 534. The van der Waals surface area contributed by atoms with Crippen molar-refractivity contribution in [3.8, 4) is 0 Å². The molecule has 0 aliphatic heterocycles. The average Bonchev–Trinajstić information content (AvgIpc) is 2.34. The Morgan fingerprint density at radius 3 is 2.65 bits per heavy atom. The quantitative estimate of drug-likeness (QED) is 0.660. The van der Waals surface area contributed by atoms with Crippen LogP contribution in [0.15, 0.2) is 24.3 Å². The van der Waals surface area contributed by atoms with Gasteiger partial charge in [0.15, 0.2) is 12.4 Å². The number of amides is 1. The first kappa shape index (κ1) is 14.2. The highest BCUT2D eigenvalue weighted by molar-refractivity contribution is 5.97. The lowest BCUT2D eigenvalue weighted by Gasteiger charge is -2.22. The van der Waals surface area contributed by atoms with Gasteiger partial charge in [-0.2, -0.15) is 0 Å². The molecule has 0 aromatic heterocycles. The molecule has 0 bridgehead atoms. The second kappa shape index (κ2) is 6.32. The minimum absolute atomic E-state index is 0.0381. The van der Waals surface area contributed by atoms with Crippen LogP contribution in [0.25, 0.3) is 0 Å². The van der Waals surface area contributed by atoms with Crippen LogP contribution in [0.5, 0.6) is 0 Å². The number of hydrogen-bond donors (Lipinski definition) is 1. The van der Waals surface area contributed by atoms with Gasteiger partial charge in [-0.1, -0.05) is 18.6 Å². The molecule has 1 aliphatic carbocycles. The van der Waals surface area contributed by atoms with Gasteiger partial charge in [0.05, 0.1) is 5.92 Å². The third-order valence-corrected chi connectivity index (χ3v) is 3.34. The maximum absolute atomic E-state index is 11.7. The van der Waals surface area contributed by atoms with Gasteiger partial charge in [-0.05, 0) is 31.9 Å². The zero-order valence-electron chi connectivity index (χ0n) is 11.3. The van der Waals surface area contributed by atoms with Gasteiger partial charge in [0.25, 0.3) is 5.91 Å². The summed E-state index contributed by atoms with van der Waals surface area (Å²) in [7, 11) is 0. The molecule has 1 N–H and O–H groups in total. The molecule has 1 amide bonds. The van der Waals surface area contributed by atoms with E-state index in [-0.39, 0.29) is 24.3 Å². The highest BCUT2D eigenvalue weighted by Crippen LogP contribution is 2.27. The molecular weight excluding hydrogens is 258 g/mol. The molecule has 0 heterocycles. The molecule has 0 spiro atoms. The van der Waals surface area contributed by atoms with Crippen LogP contribution in [0, 0.1) is 5.92 Å². The number of Topliss-reactive ketones (excluding diaryl/α,β-unsaturated/α-hetero) is 1. The second-order valence-corrected chi connectivity index (χ2v) is 4.92. The highest BCUT2D eigenvalue weighted by atomic mass is 16.5. The SMILES string of the molecule is CC(=O)c1cccc(NC(=O)COC(=O)C2CCC2)c1. The van der Waals surface area contributed by atoms with Crippen LogP contribution in [-0.2, 0) is 14.3 Å². The molecule has 0 unspecified atom stereocenters. The minimum atomic E-state index is -0.404. The summed E-state index contributed by atoms with van der Waals surface area (Å²) in [5.41, 5.74) is 1.04. The molecule has 0 atom stereocenters. The topological polar surface area (TPSA) is 72.5 Å². The van der Waals surface area contributed by atoms with Crippen LogP contribution in [-0.4, -0.2) is 24.3 Å². The van der Waals surface area contributed by atoms with E-state index in [2.05, 4.69) is 5.32 Å². The Kier molecular flexibility index (Phi) is 4.50. The van der Waals surface area contributed by atoms with Crippen LogP contribution in [0.3, 0.4) is 0 Å². The molecule has 1 fully saturated rings. The number of carbonyl (C=O) groups is 3. The number of benzene rings is 1. The zero-order chi connectivity index (χ0) is 14.5. The van der Waals surface area contributed by atoms with E-state index >= 15 is 0 Å². The van der Waals surface area contributed by atoms with Gasteiger partial charge >= 0.3 is 5.97 Å². The summed E-state index contributed by atoms with van der Waals surface area (Å²) in [4.78, 5) is 34.4. The number of anilines is 1.